The third kappa shape index (κ3) is 4.30. The Hall–Kier alpha value is -6.63. The number of para-hydroxylation sites is 2. The number of nitrogens with zero attached hydrogens (tertiary/aromatic N) is 3. The van der Waals surface area contributed by atoms with Crippen molar-refractivity contribution in [2.75, 3.05) is 0 Å². The number of fused-ring (bicyclic) bond motifs is 10. The predicted molar refractivity (Wildman–Crippen MR) is 209 cm³/mol. The van der Waals surface area contributed by atoms with Crippen molar-refractivity contribution in [1.29, 1.82) is 0 Å². The molecule has 0 aliphatic carbocycles. The lowest BCUT2D eigenvalue weighted by molar-refractivity contribution is 0.670. The number of furan rings is 2. The van der Waals surface area contributed by atoms with Gasteiger partial charge in [0.05, 0.1) is 0 Å². The first-order valence-electron chi connectivity index (χ1n) is 16.9. The van der Waals surface area contributed by atoms with Crippen LogP contribution in [-0.2, 0) is 0 Å². The summed E-state index contributed by atoms with van der Waals surface area (Å²) in [6.07, 6.45) is 0. The number of aromatic nitrogens is 3. The molecule has 4 heterocycles. The van der Waals surface area contributed by atoms with E-state index in [1.54, 1.807) is 11.3 Å². The topological polar surface area (TPSA) is 65.0 Å². The maximum atomic E-state index is 6.84. The van der Waals surface area contributed by atoms with Gasteiger partial charge < -0.3 is 8.83 Å². The minimum atomic E-state index is 0.592. The van der Waals surface area contributed by atoms with Crippen molar-refractivity contribution in [2.24, 2.45) is 0 Å². The monoisotopic (exact) mass is 671 g/mol. The normalized spacial score (nSPS) is 11.9. The van der Waals surface area contributed by atoms with Crippen LogP contribution in [0, 0.1) is 0 Å². The Balaban J connectivity index is 1.24. The summed E-state index contributed by atoms with van der Waals surface area (Å²) < 4.78 is 15.8. The molecule has 0 amide bonds. The van der Waals surface area contributed by atoms with Gasteiger partial charge in [-0.05, 0) is 36.4 Å². The Kier molecular flexibility index (Phi) is 6.05. The van der Waals surface area contributed by atoms with Gasteiger partial charge in [-0.25, -0.2) is 15.0 Å². The summed E-state index contributed by atoms with van der Waals surface area (Å²) in [6.45, 7) is 0. The van der Waals surface area contributed by atoms with Crippen LogP contribution in [0.1, 0.15) is 0 Å². The first-order valence-corrected chi connectivity index (χ1v) is 17.7. The second-order valence-electron chi connectivity index (χ2n) is 12.7. The van der Waals surface area contributed by atoms with Gasteiger partial charge >= 0.3 is 0 Å². The van der Waals surface area contributed by atoms with Crippen LogP contribution in [0.15, 0.2) is 160 Å². The second-order valence-corrected chi connectivity index (χ2v) is 13.8. The zero-order valence-corrected chi connectivity index (χ0v) is 27.8. The molecule has 0 unspecified atom stereocenters. The Morgan fingerprint density at radius 2 is 0.941 bits per heavy atom. The molecule has 0 bridgehead atoms. The second kappa shape index (κ2) is 10.9. The minimum Gasteiger partial charge on any atom is -0.455 e. The van der Waals surface area contributed by atoms with Crippen LogP contribution >= 0.6 is 11.3 Å². The Labute approximate surface area is 295 Å². The fourth-order valence-corrected chi connectivity index (χ4v) is 8.65. The molecule has 7 aromatic carbocycles. The smallest absolute Gasteiger partial charge is 0.164 e. The summed E-state index contributed by atoms with van der Waals surface area (Å²) in [5.41, 5.74) is 8.25. The fourth-order valence-electron chi connectivity index (χ4n) is 7.42. The van der Waals surface area contributed by atoms with Gasteiger partial charge in [-0.3, -0.25) is 0 Å². The number of hydrogen-bond donors (Lipinski definition) is 0. The molecule has 0 saturated heterocycles. The molecule has 51 heavy (non-hydrogen) atoms. The first-order chi connectivity index (χ1) is 25.3. The van der Waals surface area contributed by atoms with Gasteiger partial charge in [0, 0.05) is 69.5 Å². The van der Waals surface area contributed by atoms with Gasteiger partial charge in [0.2, 0.25) is 0 Å². The molecule has 11 rings (SSSR count). The number of thiophene rings is 1. The maximum absolute atomic E-state index is 6.84. The summed E-state index contributed by atoms with van der Waals surface area (Å²) >= 11 is 1.79. The van der Waals surface area contributed by atoms with Gasteiger partial charge in [-0.1, -0.05) is 115 Å². The summed E-state index contributed by atoms with van der Waals surface area (Å²) in [7, 11) is 0. The molecular formula is C45H25N3O2S. The first kappa shape index (κ1) is 28.2. The molecule has 11 aromatic rings. The lowest BCUT2D eigenvalue weighted by Crippen LogP contribution is -2.00. The van der Waals surface area contributed by atoms with Gasteiger partial charge in [0.1, 0.15) is 22.3 Å². The maximum Gasteiger partial charge on any atom is 0.164 e. The summed E-state index contributed by atoms with van der Waals surface area (Å²) in [5.74, 6) is 1.83. The average Bonchev–Trinajstić information content (AvgIpc) is 3.90. The molecule has 0 N–H and O–H groups in total. The Bertz CT molecular complexity index is 3080. The van der Waals surface area contributed by atoms with E-state index in [0.717, 1.165) is 81.8 Å². The van der Waals surface area contributed by atoms with E-state index in [4.69, 9.17) is 23.8 Å². The molecule has 0 fully saturated rings. The molecule has 4 aromatic heterocycles. The molecule has 6 heteroatoms. The van der Waals surface area contributed by atoms with E-state index in [1.807, 2.05) is 84.9 Å². The largest absolute Gasteiger partial charge is 0.455 e. The molecular weight excluding hydrogens is 647 g/mol. The van der Waals surface area contributed by atoms with Gasteiger partial charge in [-0.2, -0.15) is 0 Å². The summed E-state index contributed by atoms with van der Waals surface area (Å²) in [4.78, 5) is 15.2. The molecule has 238 valence electrons. The van der Waals surface area contributed by atoms with Crippen LogP contribution < -0.4 is 0 Å². The lowest BCUT2D eigenvalue weighted by Gasteiger charge is -2.11. The van der Waals surface area contributed by atoms with E-state index < -0.39 is 0 Å². The van der Waals surface area contributed by atoms with E-state index in [2.05, 4.69) is 66.7 Å². The quantitative estimate of drug-likeness (QED) is 0.186. The average molecular weight is 672 g/mol. The molecule has 0 spiro atoms. The highest BCUT2D eigenvalue weighted by atomic mass is 32.1. The van der Waals surface area contributed by atoms with Crippen molar-refractivity contribution >= 4 is 75.4 Å². The molecule has 0 aliphatic rings. The van der Waals surface area contributed by atoms with Crippen LogP contribution in [0.4, 0.5) is 0 Å². The SMILES string of the molecule is c1ccc(-c2nc(-c3ccccc3)nc(-c3ccc(-c4cc5c6ccccc6oc5c5c4sc4ccccc45)c4oc5ccccc5c34)n2)cc1. The zero-order chi connectivity index (χ0) is 33.5. The Morgan fingerprint density at radius 3 is 1.67 bits per heavy atom. The third-order valence-corrected chi connectivity index (χ3v) is 11.0. The highest BCUT2D eigenvalue weighted by Crippen LogP contribution is 2.49. The fraction of sp³-hybridized carbons (Fsp3) is 0. The van der Waals surface area contributed by atoms with Gasteiger partial charge in [-0.15, -0.1) is 11.3 Å². The third-order valence-electron chi connectivity index (χ3n) is 9.75. The molecule has 0 atom stereocenters. The van der Waals surface area contributed by atoms with E-state index in [-0.39, 0.29) is 0 Å². The number of benzene rings is 7. The van der Waals surface area contributed by atoms with E-state index in [1.165, 1.54) is 10.1 Å². The standard InChI is InChI=1S/C45H25N3O2S/c1-3-13-26(14-4-1)43-46-44(27-15-5-2-6-16-27)48-45(47-43)32-24-23-29(40-38(32)30-18-8-11-21-36(30)50-40)34-25-33-28-17-7-10-20-35(28)49-41(33)39-31-19-9-12-22-37(31)51-42(34)39/h1-25H. The van der Waals surface area contributed by atoms with Crippen molar-refractivity contribution in [3.8, 4) is 45.3 Å². The number of rotatable bonds is 4. The van der Waals surface area contributed by atoms with Crippen molar-refractivity contribution in [1.82, 2.24) is 15.0 Å². The molecule has 0 saturated carbocycles. The number of hydrogen-bond acceptors (Lipinski definition) is 6. The molecule has 5 nitrogen and oxygen atoms in total. The van der Waals surface area contributed by atoms with Crippen LogP contribution in [-0.4, -0.2) is 15.0 Å². The summed E-state index contributed by atoms with van der Waals surface area (Å²) in [5, 5.41) is 6.48. The van der Waals surface area contributed by atoms with E-state index in [0.29, 0.717) is 17.5 Å². The van der Waals surface area contributed by atoms with E-state index >= 15 is 0 Å². The van der Waals surface area contributed by atoms with Crippen molar-refractivity contribution < 1.29 is 8.83 Å². The highest BCUT2D eigenvalue weighted by molar-refractivity contribution is 7.26. The van der Waals surface area contributed by atoms with Crippen LogP contribution in [0.3, 0.4) is 0 Å². The lowest BCUT2D eigenvalue weighted by atomic mass is 9.95. The van der Waals surface area contributed by atoms with Crippen LogP contribution in [0.25, 0.3) is 109 Å². The molecule has 0 radical (unpaired) electrons. The van der Waals surface area contributed by atoms with Crippen LogP contribution in [0.2, 0.25) is 0 Å². The van der Waals surface area contributed by atoms with Crippen LogP contribution in [0.5, 0.6) is 0 Å². The Morgan fingerprint density at radius 1 is 0.392 bits per heavy atom. The predicted octanol–water partition coefficient (Wildman–Crippen LogP) is 12.7. The highest BCUT2D eigenvalue weighted by Gasteiger charge is 2.24. The van der Waals surface area contributed by atoms with Crippen molar-refractivity contribution in [3.63, 3.8) is 0 Å². The zero-order valence-electron chi connectivity index (χ0n) is 27.0. The van der Waals surface area contributed by atoms with Crippen molar-refractivity contribution in [2.45, 2.75) is 0 Å². The van der Waals surface area contributed by atoms with Crippen molar-refractivity contribution in [3.05, 3.63) is 152 Å². The molecule has 0 aliphatic heterocycles. The van der Waals surface area contributed by atoms with Gasteiger partial charge in [0.25, 0.3) is 0 Å². The van der Waals surface area contributed by atoms with E-state index in [9.17, 15) is 0 Å². The summed E-state index contributed by atoms with van der Waals surface area (Å²) in [6, 6.07) is 51.8. The minimum absolute atomic E-state index is 0.592. The van der Waals surface area contributed by atoms with Gasteiger partial charge in [0.15, 0.2) is 17.5 Å².